The number of amides is 1. The molecule has 2 aromatic rings. The third-order valence-corrected chi connectivity index (χ3v) is 2.91. The standard InChI is InChI=1S/C11H8N2O2S/c12-7-8(10-4-2-6-16-10)13-11(14)9-3-1-5-15-9/h1-6,8H,(H,13,14). The first-order valence-electron chi connectivity index (χ1n) is 4.58. The summed E-state index contributed by atoms with van der Waals surface area (Å²) in [6.07, 6.45) is 1.42. The molecule has 0 aliphatic rings. The van der Waals surface area contributed by atoms with E-state index in [4.69, 9.17) is 9.68 Å². The maximum absolute atomic E-state index is 11.6. The topological polar surface area (TPSA) is 66.0 Å². The van der Waals surface area contributed by atoms with Gasteiger partial charge in [0, 0.05) is 4.88 Å². The van der Waals surface area contributed by atoms with Crippen molar-refractivity contribution >= 4 is 17.2 Å². The lowest BCUT2D eigenvalue weighted by atomic mass is 10.2. The van der Waals surface area contributed by atoms with Crippen LogP contribution in [0, 0.1) is 11.3 Å². The third-order valence-electron chi connectivity index (χ3n) is 1.98. The van der Waals surface area contributed by atoms with E-state index in [-0.39, 0.29) is 11.7 Å². The Balaban J connectivity index is 2.09. The Morgan fingerprint density at radius 2 is 2.38 bits per heavy atom. The van der Waals surface area contributed by atoms with Gasteiger partial charge in [-0.3, -0.25) is 4.79 Å². The van der Waals surface area contributed by atoms with E-state index in [2.05, 4.69) is 5.32 Å². The average Bonchev–Trinajstić information content (AvgIpc) is 2.96. The highest BCUT2D eigenvalue weighted by molar-refractivity contribution is 7.10. The molecule has 2 aromatic heterocycles. The molecule has 1 atom stereocenters. The van der Waals surface area contributed by atoms with Crippen molar-refractivity contribution < 1.29 is 9.21 Å². The Hall–Kier alpha value is -2.06. The van der Waals surface area contributed by atoms with E-state index in [1.807, 2.05) is 17.5 Å². The minimum Gasteiger partial charge on any atom is -0.459 e. The van der Waals surface area contributed by atoms with Gasteiger partial charge in [0.25, 0.3) is 5.91 Å². The molecule has 0 aliphatic heterocycles. The molecule has 2 heterocycles. The van der Waals surface area contributed by atoms with Crippen molar-refractivity contribution in [1.29, 1.82) is 5.26 Å². The highest BCUT2D eigenvalue weighted by Gasteiger charge is 2.17. The van der Waals surface area contributed by atoms with Gasteiger partial charge in [-0.05, 0) is 23.6 Å². The van der Waals surface area contributed by atoms with Gasteiger partial charge in [-0.2, -0.15) is 5.26 Å². The molecular formula is C11H8N2O2S. The lowest BCUT2D eigenvalue weighted by Gasteiger charge is -2.07. The van der Waals surface area contributed by atoms with Gasteiger partial charge in [0.15, 0.2) is 11.8 Å². The molecule has 16 heavy (non-hydrogen) atoms. The molecule has 0 saturated heterocycles. The van der Waals surface area contributed by atoms with Crippen LogP contribution >= 0.6 is 11.3 Å². The zero-order chi connectivity index (χ0) is 11.4. The van der Waals surface area contributed by atoms with Crippen LogP contribution in [-0.4, -0.2) is 5.91 Å². The monoisotopic (exact) mass is 232 g/mol. The largest absolute Gasteiger partial charge is 0.459 e. The van der Waals surface area contributed by atoms with Crippen LogP contribution in [-0.2, 0) is 0 Å². The second-order valence-corrected chi connectivity index (χ2v) is 4.01. The number of rotatable bonds is 3. The van der Waals surface area contributed by atoms with Crippen molar-refractivity contribution in [2.45, 2.75) is 6.04 Å². The van der Waals surface area contributed by atoms with Gasteiger partial charge in [-0.15, -0.1) is 11.3 Å². The SMILES string of the molecule is N#CC(NC(=O)c1ccco1)c1cccs1. The molecule has 0 saturated carbocycles. The van der Waals surface area contributed by atoms with E-state index in [1.54, 1.807) is 18.2 Å². The molecule has 5 heteroatoms. The zero-order valence-corrected chi connectivity index (χ0v) is 9.03. The molecule has 1 N–H and O–H groups in total. The van der Waals surface area contributed by atoms with E-state index >= 15 is 0 Å². The van der Waals surface area contributed by atoms with Crippen molar-refractivity contribution in [3.05, 3.63) is 46.5 Å². The smallest absolute Gasteiger partial charge is 0.288 e. The molecule has 0 bridgehead atoms. The third kappa shape index (κ3) is 2.12. The van der Waals surface area contributed by atoms with Crippen molar-refractivity contribution in [2.24, 2.45) is 0 Å². The van der Waals surface area contributed by atoms with Crippen LogP contribution in [0.25, 0.3) is 0 Å². The van der Waals surface area contributed by atoms with Gasteiger partial charge < -0.3 is 9.73 Å². The predicted octanol–water partition coefficient (Wildman–Crippen LogP) is 2.34. The van der Waals surface area contributed by atoms with E-state index in [9.17, 15) is 4.79 Å². The Labute approximate surface area is 96.1 Å². The van der Waals surface area contributed by atoms with Crippen molar-refractivity contribution in [1.82, 2.24) is 5.32 Å². The van der Waals surface area contributed by atoms with Gasteiger partial charge in [-0.25, -0.2) is 0 Å². The predicted molar refractivity (Wildman–Crippen MR) is 58.8 cm³/mol. The van der Waals surface area contributed by atoms with E-state index in [1.165, 1.54) is 17.6 Å². The summed E-state index contributed by atoms with van der Waals surface area (Å²) in [4.78, 5) is 12.4. The van der Waals surface area contributed by atoms with Crippen LogP contribution in [0.2, 0.25) is 0 Å². The fourth-order valence-electron chi connectivity index (χ4n) is 1.23. The summed E-state index contributed by atoms with van der Waals surface area (Å²) in [5.74, 6) is -0.179. The summed E-state index contributed by atoms with van der Waals surface area (Å²) in [6, 6.07) is 8.23. The highest BCUT2D eigenvalue weighted by Crippen LogP contribution is 2.18. The highest BCUT2D eigenvalue weighted by atomic mass is 32.1. The average molecular weight is 232 g/mol. The molecule has 2 rings (SSSR count). The lowest BCUT2D eigenvalue weighted by Crippen LogP contribution is -2.26. The van der Waals surface area contributed by atoms with Crippen LogP contribution in [0.3, 0.4) is 0 Å². The zero-order valence-electron chi connectivity index (χ0n) is 8.21. The minimum atomic E-state index is -0.627. The number of nitrogens with one attached hydrogen (secondary N) is 1. The molecule has 0 aliphatic carbocycles. The molecule has 0 spiro atoms. The van der Waals surface area contributed by atoms with Crippen molar-refractivity contribution in [3.63, 3.8) is 0 Å². The molecule has 4 nitrogen and oxygen atoms in total. The number of nitrogens with zero attached hydrogens (tertiary/aromatic N) is 1. The minimum absolute atomic E-state index is 0.205. The fourth-order valence-corrected chi connectivity index (χ4v) is 1.95. The molecule has 0 aromatic carbocycles. The normalized spacial score (nSPS) is 11.7. The Bertz CT molecular complexity index is 497. The van der Waals surface area contributed by atoms with Crippen LogP contribution in [0.5, 0.6) is 0 Å². The molecular weight excluding hydrogens is 224 g/mol. The quantitative estimate of drug-likeness (QED) is 0.883. The van der Waals surface area contributed by atoms with Gasteiger partial charge >= 0.3 is 0 Å². The van der Waals surface area contributed by atoms with Gasteiger partial charge in [0.2, 0.25) is 0 Å². The number of carbonyl (C=O) groups is 1. The van der Waals surface area contributed by atoms with Crippen molar-refractivity contribution in [3.8, 4) is 6.07 Å². The molecule has 1 unspecified atom stereocenters. The van der Waals surface area contributed by atoms with Crippen LogP contribution in [0.15, 0.2) is 40.3 Å². The molecule has 1 amide bonds. The van der Waals surface area contributed by atoms with Gasteiger partial charge in [-0.1, -0.05) is 6.07 Å². The number of thiophene rings is 1. The van der Waals surface area contributed by atoms with Gasteiger partial charge in [0.05, 0.1) is 12.3 Å². The van der Waals surface area contributed by atoms with Crippen LogP contribution in [0.1, 0.15) is 21.5 Å². The van der Waals surface area contributed by atoms with Crippen molar-refractivity contribution in [2.75, 3.05) is 0 Å². The van der Waals surface area contributed by atoms with E-state index in [0.29, 0.717) is 0 Å². The molecule has 80 valence electrons. The second kappa shape index (κ2) is 4.64. The van der Waals surface area contributed by atoms with E-state index in [0.717, 1.165) is 4.88 Å². The maximum Gasteiger partial charge on any atom is 0.288 e. The summed E-state index contributed by atoms with van der Waals surface area (Å²) in [5.41, 5.74) is 0. The van der Waals surface area contributed by atoms with Crippen LogP contribution < -0.4 is 5.32 Å². The Morgan fingerprint density at radius 3 is 2.94 bits per heavy atom. The Kier molecular flexibility index (Phi) is 3.03. The summed E-state index contributed by atoms with van der Waals surface area (Å²) in [7, 11) is 0. The van der Waals surface area contributed by atoms with Crippen LogP contribution in [0.4, 0.5) is 0 Å². The van der Waals surface area contributed by atoms with Gasteiger partial charge in [0.1, 0.15) is 0 Å². The van der Waals surface area contributed by atoms with E-state index < -0.39 is 6.04 Å². The number of furan rings is 1. The fraction of sp³-hybridized carbons (Fsp3) is 0.0909. The summed E-state index contributed by atoms with van der Waals surface area (Å²) >= 11 is 1.43. The maximum atomic E-state index is 11.6. The summed E-state index contributed by atoms with van der Waals surface area (Å²) in [6.45, 7) is 0. The molecule has 0 fully saturated rings. The number of nitriles is 1. The molecule has 0 radical (unpaired) electrons. The summed E-state index contributed by atoms with van der Waals surface area (Å²) < 4.78 is 4.94. The first kappa shape index (κ1) is 10.5. The number of hydrogen-bond acceptors (Lipinski definition) is 4. The second-order valence-electron chi connectivity index (χ2n) is 3.03. The Morgan fingerprint density at radius 1 is 1.50 bits per heavy atom. The number of hydrogen-bond donors (Lipinski definition) is 1. The number of carbonyl (C=O) groups excluding carboxylic acids is 1. The first-order chi connectivity index (χ1) is 7.81. The first-order valence-corrected chi connectivity index (χ1v) is 5.46. The lowest BCUT2D eigenvalue weighted by molar-refractivity contribution is 0.0918. The summed E-state index contributed by atoms with van der Waals surface area (Å²) in [5, 5.41) is 13.4.